The number of hydrogen-bond donors (Lipinski definition) is 1. The fraction of sp³-hybridized carbons (Fsp3) is 0.0769. The van der Waals surface area contributed by atoms with Crippen molar-refractivity contribution in [2.45, 2.75) is 0 Å². The van der Waals surface area contributed by atoms with Crippen LogP contribution in [0.15, 0.2) is 44.5 Å². The van der Waals surface area contributed by atoms with E-state index in [-0.39, 0.29) is 6.61 Å². The maximum absolute atomic E-state index is 11.5. The molecule has 1 N–H and O–H groups in total. The van der Waals surface area contributed by atoms with Gasteiger partial charge in [0.15, 0.2) is 11.3 Å². The Kier molecular flexibility index (Phi) is 5.67. The van der Waals surface area contributed by atoms with Gasteiger partial charge in [-0.15, -0.1) is 0 Å². The zero-order valence-electron chi connectivity index (χ0n) is 10.5. The van der Waals surface area contributed by atoms with Crippen LogP contribution in [0.4, 0.5) is 0 Å². The largest absolute Gasteiger partial charge is 0.482 e. The molecule has 0 aliphatic heterocycles. The molecule has 1 aromatic heterocycles. The molecule has 2 aromatic rings. The normalized spacial score (nSPS) is 10.8. The zero-order chi connectivity index (χ0) is 15.2. The van der Waals surface area contributed by atoms with Gasteiger partial charge in [-0.3, -0.25) is 4.79 Å². The number of amides is 1. The van der Waals surface area contributed by atoms with Gasteiger partial charge in [-0.25, -0.2) is 5.43 Å². The Morgan fingerprint density at radius 2 is 2.19 bits per heavy atom. The van der Waals surface area contributed by atoms with Crippen LogP contribution in [0.2, 0.25) is 10.0 Å². The third kappa shape index (κ3) is 5.08. The average molecular weight is 392 g/mol. The molecule has 0 bridgehead atoms. The molecule has 0 saturated heterocycles. The van der Waals surface area contributed by atoms with Crippen LogP contribution in [-0.2, 0) is 4.79 Å². The summed E-state index contributed by atoms with van der Waals surface area (Å²) in [5.41, 5.74) is 2.30. The maximum Gasteiger partial charge on any atom is 0.277 e. The maximum atomic E-state index is 11.5. The molecule has 0 fully saturated rings. The molecule has 0 spiro atoms. The van der Waals surface area contributed by atoms with Crippen molar-refractivity contribution in [3.8, 4) is 5.75 Å². The van der Waals surface area contributed by atoms with Gasteiger partial charge in [0.2, 0.25) is 0 Å². The van der Waals surface area contributed by atoms with Crippen molar-refractivity contribution >= 4 is 51.3 Å². The molecule has 0 aliphatic carbocycles. The minimum atomic E-state index is -0.428. The number of nitrogens with one attached hydrogen (secondary N) is 1. The summed E-state index contributed by atoms with van der Waals surface area (Å²) in [6.07, 6.45) is 1.37. The summed E-state index contributed by atoms with van der Waals surface area (Å²) < 4.78 is 11.0. The summed E-state index contributed by atoms with van der Waals surface area (Å²) >= 11 is 14.8. The lowest BCUT2D eigenvalue weighted by atomic mass is 10.3. The van der Waals surface area contributed by atoms with Crippen LogP contribution in [-0.4, -0.2) is 18.7 Å². The van der Waals surface area contributed by atoms with Gasteiger partial charge in [0.05, 0.1) is 11.2 Å². The molecule has 5 nitrogen and oxygen atoms in total. The summed E-state index contributed by atoms with van der Waals surface area (Å²) in [6, 6.07) is 8.15. The third-order valence-corrected chi connectivity index (χ3v) is 3.18. The molecule has 0 atom stereocenters. The second-order valence-electron chi connectivity index (χ2n) is 3.80. The Morgan fingerprint density at radius 3 is 2.86 bits per heavy atom. The summed E-state index contributed by atoms with van der Waals surface area (Å²) in [4.78, 5) is 11.5. The number of halogens is 3. The van der Waals surface area contributed by atoms with Crippen molar-refractivity contribution in [1.82, 2.24) is 5.43 Å². The molecular weight excluding hydrogens is 383 g/mol. The molecule has 2 rings (SSSR count). The van der Waals surface area contributed by atoms with E-state index >= 15 is 0 Å². The minimum absolute atomic E-state index is 0.222. The molecule has 0 saturated carbocycles. The van der Waals surface area contributed by atoms with Crippen molar-refractivity contribution in [2.75, 3.05) is 6.61 Å². The summed E-state index contributed by atoms with van der Waals surface area (Å²) in [5, 5.41) is 4.55. The van der Waals surface area contributed by atoms with Gasteiger partial charge >= 0.3 is 0 Å². The van der Waals surface area contributed by atoms with Gasteiger partial charge in [-0.05, 0) is 46.3 Å². The van der Waals surface area contributed by atoms with Crippen molar-refractivity contribution in [3.63, 3.8) is 0 Å². The Morgan fingerprint density at radius 1 is 1.38 bits per heavy atom. The fourth-order valence-corrected chi connectivity index (χ4v) is 2.12. The highest BCUT2D eigenvalue weighted by atomic mass is 79.9. The quantitative estimate of drug-likeness (QED) is 0.621. The molecular formula is C13H9BrCl2N2O3. The first-order valence-corrected chi connectivity index (χ1v) is 7.24. The Labute approximate surface area is 139 Å². The Hall–Kier alpha value is -1.50. The number of carbonyl (C=O) groups is 1. The van der Waals surface area contributed by atoms with Crippen molar-refractivity contribution in [3.05, 3.63) is 50.8 Å². The lowest BCUT2D eigenvalue weighted by molar-refractivity contribution is -0.123. The monoisotopic (exact) mass is 390 g/mol. The van der Waals surface area contributed by atoms with Crippen molar-refractivity contribution in [2.24, 2.45) is 5.10 Å². The standard InChI is InChI=1S/C13H9BrCl2N2O3/c14-12-4-2-9(21-12)6-17-18-13(19)7-20-11-3-1-8(15)5-10(11)16/h1-6H,7H2,(H,18,19)/b17-6+. The SMILES string of the molecule is O=C(COc1ccc(Cl)cc1Cl)N/N=C/c1ccc(Br)o1. The van der Waals surface area contributed by atoms with Crippen LogP contribution in [0.5, 0.6) is 5.75 Å². The average Bonchev–Trinajstić information content (AvgIpc) is 2.83. The molecule has 8 heteroatoms. The van der Waals surface area contributed by atoms with Crippen LogP contribution in [0, 0.1) is 0 Å². The van der Waals surface area contributed by atoms with Crippen LogP contribution >= 0.6 is 39.1 Å². The second-order valence-corrected chi connectivity index (χ2v) is 5.42. The van der Waals surface area contributed by atoms with E-state index in [2.05, 4.69) is 26.5 Å². The highest BCUT2D eigenvalue weighted by Gasteiger charge is 2.05. The van der Waals surface area contributed by atoms with Crippen LogP contribution in [0.25, 0.3) is 0 Å². The number of furan rings is 1. The smallest absolute Gasteiger partial charge is 0.277 e. The number of nitrogens with zero attached hydrogens (tertiary/aromatic N) is 1. The number of rotatable bonds is 5. The molecule has 110 valence electrons. The second kappa shape index (κ2) is 7.49. The molecule has 1 amide bonds. The van der Waals surface area contributed by atoms with Gasteiger partial charge < -0.3 is 9.15 Å². The van der Waals surface area contributed by atoms with E-state index < -0.39 is 5.91 Å². The first kappa shape index (κ1) is 15.9. The molecule has 1 heterocycles. The van der Waals surface area contributed by atoms with Gasteiger partial charge in [-0.2, -0.15) is 5.10 Å². The van der Waals surface area contributed by atoms with E-state index in [9.17, 15) is 4.79 Å². The molecule has 0 radical (unpaired) electrons. The topological polar surface area (TPSA) is 63.8 Å². The van der Waals surface area contributed by atoms with Gasteiger partial charge in [0.25, 0.3) is 5.91 Å². The number of carbonyl (C=O) groups excluding carboxylic acids is 1. The molecule has 1 aromatic carbocycles. The van der Waals surface area contributed by atoms with Gasteiger partial charge in [0, 0.05) is 5.02 Å². The molecule has 0 unspecified atom stereocenters. The predicted molar refractivity (Wildman–Crippen MR) is 84.1 cm³/mol. The van der Waals surface area contributed by atoms with E-state index in [4.69, 9.17) is 32.4 Å². The van der Waals surface area contributed by atoms with E-state index in [1.165, 1.54) is 12.3 Å². The zero-order valence-corrected chi connectivity index (χ0v) is 13.6. The number of ether oxygens (including phenoxy) is 1. The summed E-state index contributed by atoms with van der Waals surface area (Å²) in [6.45, 7) is -0.222. The number of benzene rings is 1. The van der Waals surface area contributed by atoms with Crippen LogP contribution in [0.1, 0.15) is 5.76 Å². The number of hydrazone groups is 1. The van der Waals surface area contributed by atoms with Crippen LogP contribution < -0.4 is 10.2 Å². The summed E-state index contributed by atoms with van der Waals surface area (Å²) in [5.74, 6) is 0.446. The van der Waals surface area contributed by atoms with Gasteiger partial charge in [0.1, 0.15) is 11.5 Å². The first-order chi connectivity index (χ1) is 10.0. The fourth-order valence-electron chi connectivity index (χ4n) is 1.33. The Balaban J connectivity index is 1.81. The van der Waals surface area contributed by atoms with E-state index in [0.717, 1.165) is 0 Å². The van der Waals surface area contributed by atoms with Crippen molar-refractivity contribution in [1.29, 1.82) is 0 Å². The van der Waals surface area contributed by atoms with E-state index in [1.807, 2.05) is 0 Å². The highest BCUT2D eigenvalue weighted by Crippen LogP contribution is 2.27. The minimum Gasteiger partial charge on any atom is -0.482 e. The van der Waals surface area contributed by atoms with Crippen LogP contribution in [0.3, 0.4) is 0 Å². The Bertz CT molecular complexity index is 673. The molecule has 0 aliphatic rings. The van der Waals surface area contributed by atoms with Crippen molar-refractivity contribution < 1.29 is 13.9 Å². The molecule has 21 heavy (non-hydrogen) atoms. The van der Waals surface area contributed by atoms with Gasteiger partial charge in [-0.1, -0.05) is 23.2 Å². The number of hydrogen-bond acceptors (Lipinski definition) is 4. The first-order valence-electron chi connectivity index (χ1n) is 5.69. The van der Waals surface area contributed by atoms with E-state index in [0.29, 0.717) is 26.2 Å². The summed E-state index contributed by atoms with van der Waals surface area (Å²) in [7, 11) is 0. The third-order valence-electron chi connectivity index (χ3n) is 2.23. The highest BCUT2D eigenvalue weighted by molar-refractivity contribution is 9.10. The lowest BCUT2D eigenvalue weighted by Gasteiger charge is -2.06. The lowest BCUT2D eigenvalue weighted by Crippen LogP contribution is -2.24. The predicted octanol–water partition coefficient (Wildman–Crippen LogP) is 3.88. The van der Waals surface area contributed by atoms with E-state index in [1.54, 1.807) is 24.3 Å².